The minimum absolute atomic E-state index is 0.222. The van der Waals surface area contributed by atoms with Crippen LogP contribution in [-0.4, -0.2) is 11.1 Å². The largest absolute Gasteiger partial charge is 0.481 e. The normalized spacial score (nSPS) is 25.1. The summed E-state index contributed by atoms with van der Waals surface area (Å²) < 4.78 is 0. The molecule has 0 unspecified atom stereocenters. The first-order valence-corrected chi connectivity index (χ1v) is 5.22. The van der Waals surface area contributed by atoms with Crippen LogP contribution in [0.25, 0.3) is 0 Å². The highest BCUT2D eigenvalue weighted by Gasteiger charge is 2.24. The van der Waals surface area contributed by atoms with Gasteiger partial charge in [0.2, 0.25) is 0 Å². The standard InChI is InChI=1S/C13H14O2/c14-13(15)12-8-4-7-11(9-12)10-5-2-1-3-6-10/h1-7,11-12H,8-9H2,(H,14,15)/t11-,12-/m0/s1. The third-order valence-electron chi connectivity index (χ3n) is 2.90. The molecule has 1 N–H and O–H groups in total. The van der Waals surface area contributed by atoms with Crippen LogP contribution in [0.1, 0.15) is 24.3 Å². The predicted molar refractivity (Wildman–Crippen MR) is 58.7 cm³/mol. The van der Waals surface area contributed by atoms with E-state index >= 15 is 0 Å². The van der Waals surface area contributed by atoms with Crippen molar-refractivity contribution in [3.63, 3.8) is 0 Å². The Kier molecular flexibility index (Phi) is 2.86. The summed E-state index contributed by atoms with van der Waals surface area (Å²) in [6, 6.07) is 10.1. The van der Waals surface area contributed by atoms with E-state index in [1.54, 1.807) is 0 Å². The average molecular weight is 202 g/mol. The first-order valence-electron chi connectivity index (χ1n) is 5.22. The molecule has 0 heterocycles. The lowest BCUT2D eigenvalue weighted by atomic mass is 9.83. The molecule has 2 heteroatoms. The fourth-order valence-corrected chi connectivity index (χ4v) is 2.04. The molecule has 2 nitrogen and oxygen atoms in total. The molecule has 1 aromatic rings. The SMILES string of the molecule is O=C(O)[C@H]1CC=C[C@H](c2ccccc2)C1. The summed E-state index contributed by atoms with van der Waals surface area (Å²) in [5, 5.41) is 8.97. The van der Waals surface area contributed by atoms with Gasteiger partial charge in [-0.25, -0.2) is 0 Å². The minimum Gasteiger partial charge on any atom is -0.481 e. The van der Waals surface area contributed by atoms with Crippen molar-refractivity contribution < 1.29 is 9.90 Å². The van der Waals surface area contributed by atoms with Gasteiger partial charge >= 0.3 is 5.97 Å². The maximum absolute atomic E-state index is 10.9. The lowest BCUT2D eigenvalue weighted by molar-refractivity contribution is -0.142. The maximum atomic E-state index is 10.9. The summed E-state index contributed by atoms with van der Waals surface area (Å²) in [5.74, 6) is -0.637. The quantitative estimate of drug-likeness (QED) is 0.749. The predicted octanol–water partition coefficient (Wildman–Crippen LogP) is 2.82. The Bertz CT molecular complexity index is 367. The number of aliphatic carboxylic acids is 1. The van der Waals surface area contributed by atoms with Crippen LogP contribution in [0.2, 0.25) is 0 Å². The highest BCUT2D eigenvalue weighted by molar-refractivity contribution is 5.70. The Morgan fingerprint density at radius 1 is 1.27 bits per heavy atom. The smallest absolute Gasteiger partial charge is 0.306 e. The summed E-state index contributed by atoms with van der Waals surface area (Å²) in [6.07, 6.45) is 5.49. The average Bonchev–Trinajstić information content (AvgIpc) is 2.30. The van der Waals surface area contributed by atoms with Crippen molar-refractivity contribution in [3.05, 3.63) is 48.0 Å². The molecule has 0 aliphatic heterocycles. The summed E-state index contributed by atoms with van der Waals surface area (Å²) >= 11 is 0. The van der Waals surface area contributed by atoms with Gasteiger partial charge in [0, 0.05) is 5.92 Å². The summed E-state index contributed by atoms with van der Waals surface area (Å²) in [4.78, 5) is 10.9. The summed E-state index contributed by atoms with van der Waals surface area (Å²) in [5.41, 5.74) is 1.21. The van der Waals surface area contributed by atoms with E-state index in [9.17, 15) is 4.79 Å². The van der Waals surface area contributed by atoms with Crippen molar-refractivity contribution in [3.8, 4) is 0 Å². The second kappa shape index (κ2) is 4.30. The zero-order valence-electron chi connectivity index (χ0n) is 8.47. The summed E-state index contributed by atoms with van der Waals surface area (Å²) in [7, 11) is 0. The Labute approximate surface area is 89.2 Å². The summed E-state index contributed by atoms with van der Waals surface area (Å²) in [6.45, 7) is 0. The molecule has 1 aliphatic carbocycles. The van der Waals surface area contributed by atoms with Crippen molar-refractivity contribution in [2.45, 2.75) is 18.8 Å². The fraction of sp³-hybridized carbons (Fsp3) is 0.308. The number of carboxylic acids is 1. The third kappa shape index (κ3) is 2.27. The van der Waals surface area contributed by atoms with Gasteiger partial charge < -0.3 is 5.11 Å². The molecule has 15 heavy (non-hydrogen) atoms. The maximum Gasteiger partial charge on any atom is 0.306 e. The highest BCUT2D eigenvalue weighted by Crippen LogP contribution is 2.31. The number of hydrogen-bond acceptors (Lipinski definition) is 1. The van der Waals surface area contributed by atoms with Gasteiger partial charge in [0.15, 0.2) is 0 Å². The number of hydrogen-bond donors (Lipinski definition) is 1. The van der Waals surface area contributed by atoms with Gasteiger partial charge in [0.25, 0.3) is 0 Å². The van der Waals surface area contributed by atoms with E-state index in [0.717, 1.165) is 6.42 Å². The van der Waals surface area contributed by atoms with Crippen molar-refractivity contribution in [1.29, 1.82) is 0 Å². The number of carboxylic acid groups (broad SMARTS) is 1. The van der Waals surface area contributed by atoms with Crippen LogP contribution in [0.5, 0.6) is 0 Å². The monoisotopic (exact) mass is 202 g/mol. The van der Waals surface area contributed by atoms with Crippen molar-refractivity contribution in [2.24, 2.45) is 5.92 Å². The van der Waals surface area contributed by atoms with E-state index in [1.165, 1.54) is 5.56 Å². The molecule has 0 saturated heterocycles. The van der Waals surface area contributed by atoms with E-state index in [0.29, 0.717) is 6.42 Å². The molecule has 0 bridgehead atoms. The number of allylic oxidation sites excluding steroid dienone is 2. The molecule has 1 aromatic carbocycles. The first-order chi connectivity index (χ1) is 7.27. The molecular weight excluding hydrogens is 188 g/mol. The Balaban J connectivity index is 2.15. The number of carbonyl (C=O) groups is 1. The lowest BCUT2D eigenvalue weighted by Crippen LogP contribution is -2.18. The van der Waals surface area contributed by atoms with Crippen LogP contribution in [-0.2, 0) is 4.79 Å². The van der Waals surface area contributed by atoms with Gasteiger partial charge in [-0.2, -0.15) is 0 Å². The highest BCUT2D eigenvalue weighted by atomic mass is 16.4. The molecule has 78 valence electrons. The van der Waals surface area contributed by atoms with E-state index in [2.05, 4.69) is 18.2 Å². The molecule has 0 spiro atoms. The number of benzene rings is 1. The molecule has 2 atom stereocenters. The molecule has 0 saturated carbocycles. The van der Waals surface area contributed by atoms with Gasteiger partial charge in [0.05, 0.1) is 5.92 Å². The molecular formula is C13H14O2. The van der Waals surface area contributed by atoms with E-state index < -0.39 is 5.97 Å². The van der Waals surface area contributed by atoms with Crippen LogP contribution >= 0.6 is 0 Å². The Morgan fingerprint density at radius 3 is 2.67 bits per heavy atom. The van der Waals surface area contributed by atoms with Crippen molar-refractivity contribution in [2.75, 3.05) is 0 Å². The minimum atomic E-state index is -0.680. The molecule has 0 aromatic heterocycles. The zero-order valence-corrected chi connectivity index (χ0v) is 8.47. The fourth-order valence-electron chi connectivity index (χ4n) is 2.04. The molecule has 0 radical (unpaired) electrons. The van der Waals surface area contributed by atoms with Crippen LogP contribution in [0.4, 0.5) is 0 Å². The first kappa shape index (κ1) is 9.97. The third-order valence-corrected chi connectivity index (χ3v) is 2.90. The van der Waals surface area contributed by atoms with Crippen LogP contribution in [0.3, 0.4) is 0 Å². The molecule has 1 aliphatic rings. The second-order valence-corrected chi connectivity index (χ2v) is 3.95. The van der Waals surface area contributed by atoms with E-state index in [-0.39, 0.29) is 11.8 Å². The molecule has 2 rings (SSSR count). The van der Waals surface area contributed by atoms with Gasteiger partial charge in [-0.05, 0) is 18.4 Å². The lowest BCUT2D eigenvalue weighted by Gasteiger charge is -2.21. The van der Waals surface area contributed by atoms with Crippen LogP contribution < -0.4 is 0 Å². The van der Waals surface area contributed by atoms with Gasteiger partial charge in [-0.3, -0.25) is 4.79 Å². The van der Waals surface area contributed by atoms with E-state index in [4.69, 9.17) is 5.11 Å². The Hall–Kier alpha value is -1.57. The van der Waals surface area contributed by atoms with Crippen molar-refractivity contribution >= 4 is 5.97 Å². The second-order valence-electron chi connectivity index (χ2n) is 3.95. The van der Waals surface area contributed by atoms with Crippen LogP contribution in [0, 0.1) is 5.92 Å². The molecule has 0 amide bonds. The van der Waals surface area contributed by atoms with Crippen molar-refractivity contribution in [1.82, 2.24) is 0 Å². The number of rotatable bonds is 2. The van der Waals surface area contributed by atoms with Gasteiger partial charge in [-0.15, -0.1) is 0 Å². The van der Waals surface area contributed by atoms with Gasteiger partial charge in [-0.1, -0.05) is 42.5 Å². The van der Waals surface area contributed by atoms with Crippen LogP contribution in [0.15, 0.2) is 42.5 Å². The molecule has 0 fully saturated rings. The zero-order chi connectivity index (χ0) is 10.7. The topological polar surface area (TPSA) is 37.3 Å². The Morgan fingerprint density at radius 2 is 2.00 bits per heavy atom. The van der Waals surface area contributed by atoms with E-state index in [1.807, 2.05) is 24.3 Å². The van der Waals surface area contributed by atoms with Gasteiger partial charge in [0.1, 0.15) is 0 Å².